The fraction of sp³-hybridized carbons (Fsp3) is 0.538. The van der Waals surface area contributed by atoms with Crippen LogP contribution in [0.5, 0.6) is 0 Å². The molecule has 1 saturated carbocycles. The molecule has 0 amide bonds. The number of halogens is 6. The average molecular weight is 441 g/mol. The van der Waals surface area contributed by atoms with E-state index in [-0.39, 0.29) is 22.1 Å². The Kier molecular flexibility index (Phi) is 3.97. The Morgan fingerprint density at radius 3 is 2.04 bits per heavy atom. The van der Waals surface area contributed by atoms with Crippen LogP contribution in [0, 0.1) is 17.8 Å². The molecule has 0 aromatic rings. The van der Waals surface area contributed by atoms with Crippen molar-refractivity contribution in [2.24, 2.45) is 17.8 Å². The normalized spacial score (nSPS) is 44.1. The molecule has 2 N–H and O–H groups in total. The Morgan fingerprint density at radius 1 is 1.04 bits per heavy atom. The maximum absolute atomic E-state index is 11.7. The molecule has 0 aliphatic heterocycles. The smallest absolute Gasteiger partial charge is 0.332 e. The van der Waals surface area contributed by atoms with Crippen LogP contribution in [0.25, 0.3) is 0 Å². The molecule has 23 heavy (non-hydrogen) atoms. The van der Waals surface area contributed by atoms with Crippen molar-refractivity contribution in [2.45, 2.75) is 20.5 Å². The highest BCUT2D eigenvalue weighted by Crippen LogP contribution is 2.78. The summed E-state index contributed by atoms with van der Waals surface area (Å²) in [6.07, 6.45) is 1.42. The molecular formula is C13H8Cl6O4. The van der Waals surface area contributed by atoms with E-state index in [1.54, 1.807) is 0 Å². The number of fused-ring (bicyclic) bond motifs is 5. The van der Waals surface area contributed by atoms with Gasteiger partial charge in [0, 0.05) is 11.5 Å². The first-order valence-corrected chi connectivity index (χ1v) is 8.68. The summed E-state index contributed by atoms with van der Waals surface area (Å²) in [7, 11) is 0. The first kappa shape index (κ1) is 18.0. The lowest BCUT2D eigenvalue weighted by atomic mass is 9.66. The Labute approximate surface area is 160 Å². The summed E-state index contributed by atoms with van der Waals surface area (Å²) in [4.78, 5) is 19.8. The molecule has 126 valence electrons. The van der Waals surface area contributed by atoms with E-state index in [9.17, 15) is 19.8 Å². The minimum Gasteiger partial charge on any atom is -0.481 e. The minimum atomic E-state index is -1.89. The zero-order valence-corrected chi connectivity index (χ0v) is 15.5. The fourth-order valence-corrected chi connectivity index (χ4v) is 7.07. The monoisotopic (exact) mass is 438 g/mol. The van der Waals surface area contributed by atoms with Crippen LogP contribution in [0.1, 0.15) is 6.42 Å². The van der Waals surface area contributed by atoms with E-state index in [0.29, 0.717) is 0 Å². The summed E-state index contributed by atoms with van der Waals surface area (Å²) in [6, 6.07) is 0. The van der Waals surface area contributed by atoms with Crippen molar-refractivity contribution >= 4 is 81.5 Å². The SMILES string of the molecule is O=C(O)C1=CCC2C(C1C(=O)O)C1(Cl)C(Cl)=C(Cl)C2(Cl)C1(Cl)Cl. The molecule has 10 heteroatoms. The van der Waals surface area contributed by atoms with Gasteiger partial charge in [0.2, 0.25) is 0 Å². The van der Waals surface area contributed by atoms with Gasteiger partial charge in [-0.2, -0.15) is 0 Å². The summed E-state index contributed by atoms with van der Waals surface area (Å²) < 4.78 is -1.89. The lowest BCUT2D eigenvalue weighted by molar-refractivity contribution is -0.146. The van der Waals surface area contributed by atoms with E-state index in [4.69, 9.17) is 69.6 Å². The second kappa shape index (κ2) is 5.09. The molecule has 0 heterocycles. The van der Waals surface area contributed by atoms with Crippen LogP contribution in [0.3, 0.4) is 0 Å². The standard InChI is InChI=1S/C13H8Cl6O4/c14-7-8(15)12(17)6-4(11(7,16)13(12,18)19)2-1-3(9(20)21)5(6)10(22)23/h1,4-6H,2H2,(H,20,21)(H,22,23). The van der Waals surface area contributed by atoms with E-state index < -0.39 is 43.8 Å². The van der Waals surface area contributed by atoms with E-state index >= 15 is 0 Å². The second-order valence-electron chi connectivity index (χ2n) is 5.77. The van der Waals surface area contributed by atoms with Gasteiger partial charge in [-0.05, 0) is 12.3 Å². The van der Waals surface area contributed by atoms with Gasteiger partial charge in [-0.25, -0.2) is 4.79 Å². The van der Waals surface area contributed by atoms with Gasteiger partial charge in [0.05, 0.1) is 16.0 Å². The number of carboxylic acid groups (broad SMARTS) is 2. The molecule has 5 atom stereocenters. The predicted octanol–water partition coefficient (Wildman–Crippen LogP) is 4.18. The average Bonchev–Trinajstić information content (AvgIpc) is 2.67. The van der Waals surface area contributed by atoms with E-state index in [2.05, 4.69) is 0 Å². The molecule has 3 aliphatic rings. The van der Waals surface area contributed by atoms with Gasteiger partial charge in [-0.3, -0.25) is 4.79 Å². The van der Waals surface area contributed by atoms with E-state index in [1.165, 1.54) is 6.08 Å². The molecular weight excluding hydrogens is 433 g/mol. The van der Waals surface area contributed by atoms with Crippen molar-refractivity contribution in [1.82, 2.24) is 0 Å². The zero-order valence-electron chi connectivity index (χ0n) is 11.0. The molecule has 3 rings (SSSR count). The molecule has 1 fully saturated rings. The Balaban J connectivity index is 2.28. The number of carbonyl (C=O) groups is 2. The van der Waals surface area contributed by atoms with Gasteiger partial charge in [-0.1, -0.05) is 52.5 Å². The van der Waals surface area contributed by atoms with Gasteiger partial charge < -0.3 is 10.2 Å². The first-order chi connectivity index (χ1) is 10.4. The highest BCUT2D eigenvalue weighted by atomic mass is 35.5. The van der Waals surface area contributed by atoms with Gasteiger partial charge in [0.15, 0.2) is 4.33 Å². The van der Waals surface area contributed by atoms with Crippen LogP contribution in [-0.4, -0.2) is 36.2 Å². The highest BCUT2D eigenvalue weighted by Gasteiger charge is 2.83. The molecule has 0 aromatic heterocycles. The van der Waals surface area contributed by atoms with Crippen LogP contribution in [0.15, 0.2) is 21.7 Å². The molecule has 3 aliphatic carbocycles. The number of hydrogen-bond acceptors (Lipinski definition) is 2. The van der Waals surface area contributed by atoms with Crippen LogP contribution in [0.4, 0.5) is 0 Å². The molecule has 0 aromatic carbocycles. The minimum absolute atomic E-state index is 0.0293. The third-order valence-corrected chi connectivity index (χ3v) is 9.27. The molecule has 2 bridgehead atoms. The van der Waals surface area contributed by atoms with Crippen molar-refractivity contribution in [3.63, 3.8) is 0 Å². The number of aliphatic carboxylic acids is 2. The van der Waals surface area contributed by atoms with Crippen LogP contribution in [-0.2, 0) is 9.59 Å². The zero-order chi connectivity index (χ0) is 17.5. The first-order valence-electron chi connectivity index (χ1n) is 6.42. The molecule has 0 saturated heterocycles. The lowest BCUT2D eigenvalue weighted by Gasteiger charge is -2.42. The number of hydrogen-bond donors (Lipinski definition) is 2. The van der Waals surface area contributed by atoms with Crippen molar-refractivity contribution in [2.75, 3.05) is 0 Å². The Hall–Kier alpha value is 0.160. The molecule has 0 radical (unpaired) electrons. The van der Waals surface area contributed by atoms with E-state index in [1.807, 2.05) is 0 Å². The number of allylic oxidation sites excluding steroid dienone is 3. The summed E-state index contributed by atoms with van der Waals surface area (Å²) in [5, 5.41) is 18.7. The van der Waals surface area contributed by atoms with Gasteiger partial charge >= 0.3 is 11.9 Å². The van der Waals surface area contributed by atoms with Crippen LogP contribution in [0.2, 0.25) is 0 Å². The number of rotatable bonds is 2. The topological polar surface area (TPSA) is 74.6 Å². The largest absolute Gasteiger partial charge is 0.481 e. The maximum Gasteiger partial charge on any atom is 0.332 e. The summed E-state index contributed by atoms with van der Waals surface area (Å²) in [6.45, 7) is 0. The van der Waals surface area contributed by atoms with E-state index in [0.717, 1.165) is 0 Å². The van der Waals surface area contributed by atoms with Crippen molar-refractivity contribution in [3.05, 3.63) is 21.7 Å². The highest BCUT2D eigenvalue weighted by molar-refractivity contribution is 6.65. The second-order valence-corrected chi connectivity index (χ2v) is 9.05. The fourth-order valence-electron chi connectivity index (χ4n) is 3.99. The number of carboxylic acids is 2. The third-order valence-electron chi connectivity index (χ3n) is 4.95. The molecule has 4 nitrogen and oxygen atoms in total. The van der Waals surface area contributed by atoms with Crippen molar-refractivity contribution in [3.8, 4) is 0 Å². The van der Waals surface area contributed by atoms with Crippen LogP contribution < -0.4 is 0 Å². The van der Waals surface area contributed by atoms with Crippen molar-refractivity contribution in [1.29, 1.82) is 0 Å². The summed E-state index contributed by atoms with van der Waals surface area (Å²) >= 11 is 38.4. The third kappa shape index (κ3) is 1.78. The maximum atomic E-state index is 11.7. The predicted molar refractivity (Wildman–Crippen MR) is 88.8 cm³/mol. The Bertz CT molecular complexity index is 701. The van der Waals surface area contributed by atoms with Gasteiger partial charge in [0.1, 0.15) is 9.75 Å². The number of alkyl halides is 4. The van der Waals surface area contributed by atoms with Crippen LogP contribution >= 0.6 is 69.6 Å². The van der Waals surface area contributed by atoms with Crippen molar-refractivity contribution < 1.29 is 19.8 Å². The quantitative estimate of drug-likeness (QED) is 0.632. The molecule has 5 unspecified atom stereocenters. The molecule has 0 spiro atoms. The lowest BCUT2D eigenvalue weighted by Crippen LogP contribution is -2.48. The van der Waals surface area contributed by atoms with Gasteiger partial charge in [0.25, 0.3) is 0 Å². The van der Waals surface area contributed by atoms with Gasteiger partial charge in [-0.15, -0.1) is 23.2 Å². The Morgan fingerprint density at radius 2 is 1.57 bits per heavy atom. The summed E-state index contributed by atoms with van der Waals surface area (Å²) in [5.41, 5.74) is -0.295. The summed E-state index contributed by atoms with van der Waals surface area (Å²) in [5.74, 6) is -5.87.